The van der Waals surface area contributed by atoms with E-state index in [-0.39, 0.29) is 5.56 Å². The maximum atomic E-state index is 10.7. The van der Waals surface area contributed by atoms with Crippen LogP contribution >= 0.6 is 11.6 Å². The molecule has 0 aliphatic rings. The lowest BCUT2D eigenvalue weighted by Crippen LogP contribution is -1.97. The van der Waals surface area contributed by atoms with Crippen LogP contribution in [0.2, 0.25) is 5.02 Å². The normalized spacial score (nSPS) is 9.20. The Morgan fingerprint density at radius 1 is 1.47 bits per heavy atom. The summed E-state index contributed by atoms with van der Waals surface area (Å²) in [5.74, 6) is 4.61. The van der Waals surface area contributed by atoms with E-state index in [1.165, 1.54) is 12.1 Å². The quantitative estimate of drug-likeness (QED) is 0.751. The number of carboxylic acids is 1. The third kappa shape index (κ3) is 3.62. The summed E-state index contributed by atoms with van der Waals surface area (Å²) in [6.45, 7) is 0.485. The third-order valence-corrected chi connectivity index (χ3v) is 1.87. The standard InChI is InChI=1S/C11H10ClNO2/c12-10-6-8(3-1-2-4-13)5-9(7-10)11(14)15/h5-7H,2,4,13H2,(H,14,15). The van der Waals surface area contributed by atoms with Gasteiger partial charge in [0, 0.05) is 23.6 Å². The molecule has 0 atom stereocenters. The number of hydrogen-bond donors (Lipinski definition) is 2. The van der Waals surface area contributed by atoms with Gasteiger partial charge in [0.15, 0.2) is 0 Å². The predicted molar refractivity (Wildman–Crippen MR) is 59.0 cm³/mol. The Labute approximate surface area is 92.9 Å². The van der Waals surface area contributed by atoms with E-state index in [2.05, 4.69) is 11.8 Å². The Balaban J connectivity index is 3.00. The summed E-state index contributed by atoms with van der Waals surface area (Å²) >= 11 is 5.75. The summed E-state index contributed by atoms with van der Waals surface area (Å²) in [6.07, 6.45) is 0.578. The van der Waals surface area contributed by atoms with Crippen LogP contribution < -0.4 is 5.73 Å². The Kier molecular flexibility index (Phi) is 4.17. The number of hydrogen-bond acceptors (Lipinski definition) is 2. The molecule has 1 aromatic rings. The van der Waals surface area contributed by atoms with Crippen molar-refractivity contribution in [3.05, 3.63) is 34.3 Å². The fourth-order valence-electron chi connectivity index (χ4n) is 1.02. The number of aromatic carboxylic acids is 1. The molecule has 0 heterocycles. The lowest BCUT2D eigenvalue weighted by atomic mass is 10.1. The van der Waals surface area contributed by atoms with E-state index in [4.69, 9.17) is 22.4 Å². The molecule has 0 aliphatic carbocycles. The number of carboxylic acid groups (broad SMARTS) is 1. The van der Waals surface area contributed by atoms with Crippen LogP contribution in [-0.2, 0) is 0 Å². The van der Waals surface area contributed by atoms with Crippen LogP contribution in [0.1, 0.15) is 22.3 Å². The number of halogens is 1. The summed E-state index contributed by atoms with van der Waals surface area (Å²) in [6, 6.07) is 4.49. The van der Waals surface area contributed by atoms with E-state index >= 15 is 0 Å². The van der Waals surface area contributed by atoms with Crippen molar-refractivity contribution in [3.8, 4) is 11.8 Å². The monoisotopic (exact) mass is 223 g/mol. The van der Waals surface area contributed by atoms with Crippen LogP contribution in [0.5, 0.6) is 0 Å². The molecule has 0 unspecified atom stereocenters. The molecule has 0 amide bonds. The van der Waals surface area contributed by atoms with Gasteiger partial charge in [-0.05, 0) is 18.2 Å². The van der Waals surface area contributed by atoms with Gasteiger partial charge < -0.3 is 10.8 Å². The third-order valence-electron chi connectivity index (χ3n) is 1.65. The Morgan fingerprint density at radius 2 is 2.20 bits per heavy atom. The molecule has 3 nitrogen and oxygen atoms in total. The van der Waals surface area contributed by atoms with Gasteiger partial charge in [-0.1, -0.05) is 23.4 Å². The van der Waals surface area contributed by atoms with Crippen LogP contribution in [0.4, 0.5) is 0 Å². The first-order valence-electron chi connectivity index (χ1n) is 4.36. The highest BCUT2D eigenvalue weighted by Crippen LogP contribution is 2.14. The van der Waals surface area contributed by atoms with E-state index in [1.807, 2.05) is 0 Å². The summed E-state index contributed by atoms with van der Waals surface area (Å²) in [5.41, 5.74) is 6.01. The SMILES string of the molecule is NCCC#Cc1cc(Cl)cc(C(=O)O)c1. The molecule has 0 radical (unpaired) electrons. The molecule has 0 saturated heterocycles. The number of benzene rings is 1. The van der Waals surface area contributed by atoms with Crippen molar-refractivity contribution in [1.82, 2.24) is 0 Å². The molecule has 1 aromatic carbocycles. The highest BCUT2D eigenvalue weighted by Gasteiger charge is 2.04. The van der Waals surface area contributed by atoms with Gasteiger partial charge in [-0.2, -0.15) is 0 Å². The lowest BCUT2D eigenvalue weighted by Gasteiger charge is -1.97. The van der Waals surface area contributed by atoms with Crippen molar-refractivity contribution in [2.45, 2.75) is 6.42 Å². The van der Waals surface area contributed by atoms with Crippen LogP contribution in [0, 0.1) is 11.8 Å². The number of rotatable bonds is 2. The minimum atomic E-state index is -1.01. The fourth-order valence-corrected chi connectivity index (χ4v) is 1.26. The average molecular weight is 224 g/mol. The largest absolute Gasteiger partial charge is 0.478 e. The molecule has 0 saturated carbocycles. The second-order valence-corrected chi connectivity index (χ2v) is 3.31. The topological polar surface area (TPSA) is 63.3 Å². The minimum Gasteiger partial charge on any atom is -0.478 e. The average Bonchev–Trinajstić information content (AvgIpc) is 2.17. The maximum Gasteiger partial charge on any atom is 0.335 e. The van der Waals surface area contributed by atoms with Crippen molar-refractivity contribution in [2.75, 3.05) is 6.54 Å². The van der Waals surface area contributed by atoms with E-state index in [1.54, 1.807) is 6.07 Å². The molecule has 0 aliphatic heterocycles. The Hall–Kier alpha value is -1.50. The van der Waals surface area contributed by atoms with Gasteiger partial charge >= 0.3 is 5.97 Å². The van der Waals surface area contributed by atoms with Crippen LogP contribution in [0.25, 0.3) is 0 Å². The molecule has 78 valence electrons. The Morgan fingerprint density at radius 3 is 2.80 bits per heavy atom. The van der Waals surface area contributed by atoms with Gasteiger partial charge in [-0.15, -0.1) is 0 Å². The maximum absolute atomic E-state index is 10.7. The first-order valence-corrected chi connectivity index (χ1v) is 4.74. The summed E-state index contributed by atoms with van der Waals surface area (Å²) < 4.78 is 0. The number of nitrogens with two attached hydrogens (primary N) is 1. The zero-order chi connectivity index (χ0) is 11.3. The van der Waals surface area contributed by atoms with Crippen molar-refractivity contribution in [2.24, 2.45) is 5.73 Å². The molecule has 15 heavy (non-hydrogen) atoms. The van der Waals surface area contributed by atoms with Gasteiger partial charge in [-0.25, -0.2) is 4.79 Å². The zero-order valence-corrected chi connectivity index (χ0v) is 8.71. The Bertz CT molecular complexity index is 432. The first kappa shape index (κ1) is 11.6. The molecule has 3 N–H and O–H groups in total. The summed E-state index contributed by atoms with van der Waals surface area (Å²) in [4.78, 5) is 10.7. The second kappa shape index (κ2) is 5.40. The smallest absolute Gasteiger partial charge is 0.335 e. The second-order valence-electron chi connectivity index (χ2n) is 2.87. The van der Waals surface area contributed by atoms with E-state index < -0.39 is 5.97 Å². The van der Waals surface area contributed by atoms with Crippen LogP contribution in [0.15, 0.2) is 18.2 Å². The molecule has 0 spiro atoms. The zero-order valence-electron chi connectivity index (χ0n) is 7.96. The van der Waals surface area contributed by atoms with Gasteiger partial charge in [0.1, 0.15) is 0 Å². The van der Waals surface area contributed by atoms with E-state index in [0.29, 0.717) is 23.6 Å². The van der Waals surface area contributed by atoms with Crippen LogP contribution in [-0.4, -0.2) is 17.6 Å². The highest BCUT2D eigenvalue weighted by molar-refractivity contribution is 6.31. The predicted octanol–water partition coefficient (Wildman–Crippen LogP) is 1.74. The summed E-state index contributed by atoms with van der Waals surface area (Å²) in [5, 5.41) is 9.15. The first-order chi connectivity index (χ1) is 7.13. The van der Waals surface area contributed by atoms with Gasteiger partial charge in [0.05, 0.1) is 5.56 Å². The van der Waals surface area contributed by atoms with Crippen LogP contribution in [0.3, 0.4) is 0 Å². The van der Waals surface area contributed by atoms with E-state index in [9.17, 15) is 4.79 Å². The molecular weight excluding hydrogens is 214 g/mol. The fraction of sp³-hybridized carbons (Fsp3) is 0.182. The number of carbonyl (C=O) groups is 1. The van der Waals surface area contributed by atoms with Gasteiger partial charge in [0.25, 0.3) is 0 Å². The molecule has 1 rings (SSSR count). The van der Waals surface area contributed by atoms with Gasteiger partial charge in [-0.3, -0.25) is 0 Å². The van der Waals surface area contributed by atoms with Crippen molar-refractivity contribution < 1.29 is 9.90 Å². The molecule has 0 aromatic heterocycles. The highest BCUT2D eigenvalue weighted by atomic mass is 35.5. The van der Waals surface area contributed by atoms with Crippen molar-refractivity contribution in [1.29, 1.82) is 0 Å². The lowest BCUT2D eigenvalue weighted by molar-refractivity contribution is 0.0697. The molecule has 4 heteroatoms. The van der Waals surface area contributed by atoms with Crippen molar-refractivity contribution >= 4 is 17.6 Å². The summed E-state index contributed by atoms with van der Waals surface area (Å²) in [7, 11) is 0. The molecule has 0 fully saturated rings. The molecule has 0 bridgehead atoms. The minimum absolute atomic E-state index is 0.138. The molecular formula is C11H10ClNO2. The van der Waals surface area contributed by atoms with E-state index in [0.717, 1.165) is 0 Å². The van der Waals surface area contributed by atoms with Gasteiger partial charge in [0.2, 0.25) is 0 Å². The van der Waals surface area contributed by atoms with Crippen molar-refractivity contribution in [3.63, 3.8) is 0 Å².